The summed E-state index contributed by atoms with van der Waals surface area (Å²) in [6, 6.07) is 16.7. The Labute approximate surface area is 141 Å². The van der Waals surface area contributed by atoms with E-state index >= 15 is 0 Å². The maximum Gasteiger partial charge on any atom is 0.299 e. The van der Waals surface area contributed by atoms with Crippen LogP contribution in [0.25, 0.3) is 11.1 Å². The number of hydrogen-bond donors (Lipinski definition) is 1. The molecule has 24 heavy (non-hydrogen) atoms. The summed E-state index contributed by atoms with van der Waals surface area (Å²) in [5.74, 6) is 0. The molecule has 0 radical (unpaired) electrons. The minimum Gasteiger partial charge on any atom is -0.308 e. The third-order valence-electron chi connectivity index (χ3n) is 4.12. The van der Waals surface area contributed by atoms with Gasteiger partial charge in [-0.15, -0.1) is 0 Å². The van der Waals surface area contributed by atoms with Crippen molar-refractivity contribution in [2.45, 2.75) is 12.5 Å². The summed E-state index contributed by atoms with van der Waals surface area (Å²) in [5, 5.41) is 14.5. The molecule has 1 fully saturated rings. The van der Waals surface area contributed by atoms with Gasteiger partial charge in [0.2, 0.25) is 0 Å². The van der Waals surface area contributed by atoms with Gasteiger partial charge in [-0.3, -0.25) is 4.31 Å². The van der Waals surface area contributed by atoms with E-state index in [0.717, 1.165) is 11.1 Å². The summed E-state index contributed by atoms with van der Waals surface area (Å²) in [7, 11) is -3.93. The minimum atomic E-state index is -3.93. The molecule has 3 rings (SSSR count). The summed E-state index contributed by atoms with van der Waals surface area (Å²) in [5.41, 5.74) is 2.43. The molecule has 2 aromatic rings. The van der Waals surface area contributed by atoms with Crippen molar-refractivity contribution in [2.75, 3.05) is 17.4 Å². The van der Waals surface area contributed by atoms with Crippen molar-refractivity contribution in [1.82, 2.24) is 4.90 Å². The number of nitrogens with two attached hydrogens (primary N) is 1. The van der Waals surface area contributed by atoms with E-state index in [-0.39, 0.29) is 6.04 Å². The van der Waals surface area contributed by atoms with E-state index in [1.165, 1.54) is 4.31 Å². The Hall–Kier alpha value is -2.56. The van der Waals surface area contributed by atoms with Gasteiger partial charge in [0.15, 0.2) is 6.19 Å². The minimum absolute atomic E-state index is 0.342. The molecule has 0 amide bonds. The number of anilines is 1. The Balaban J connectivity index is 1.99. The zero-order valence-corrected chi connectivity index (χ0v) is 13.9. The highest BCUT2D eigenvalue weighted by Gasteiger charge is 2.33. The second-order valence-electron chi connectivity index (χ2n) is 5.75. The summed E-state index contributed by atoms with van der Waals surface area (Å²) in [4.78, 5) is 1.55. The predicted octanol–water partition coefficient (Wildman–Crippen LogP) is 1.92. The highest BCUT2D eigenvalue weighted by molar-refractivity contribution is 7.90. The van der Waals surface area contributed by atoms with Crippen LogP contribution in [0.3, 0.4) is 0 Å². The highest BCUT2D eigenvalue weighted by Crippen LogP contribution is 2.29. The van der Waals surface area contributed by atoms with Crippen LogP contribution in [-0.4, -0.2) is 32.4 Å². The fourth-order valence-corrected chi connectivity index (χ4v) is 4.04. The van der Waals surface area contributed by atoms with Crippen molar-refractivity contribution in [3.8, 4) is 17.3 Å². The van der Waals surface area contributed by atoms with Gasteiger partial charge in [0.1, 0.15) is 0 Å². The van der Waals surface area contributed by atoms with Crippen LogP contribution in [0.1, 0.15) is 6.42 Å². The third kappa shape index (κ3) is 3.35. The Morgan fingerprint density at radius 2 is 1.83 bits per heavy atom. The number of likely N-dealkylation sites (tertiary alicyclic amines) is 1. The second-order valence-corrected chi connectivity index (χ2v) is 7.17. The predicted molar refractivity (Wildman–Crippen MR) is 93.1 cm³/mol. The van der Waals surface area contributed by atoms with Crippen molar-refractivity contribution >= 4 is 15.9 Å². The second kappa shape index (κ2) is 6.51. The monoisotopic (exact) mass is 342 g/mol. The summed E-state index contributed by atoms with van der Waals surface area (Å²) in [6.45, 7) is 0.883. The van der Waals surface area contributed by atoms with Crippen LogP contribution in [0.4, 0.5) is 5.69 Å². The molecule has 1 aliphatic rings. The highest BCUT2D eigenvalue weighted by atomic mass is 32.2. The molecule has 1 unspecified atom stereocenters. The van der Waals surface area contributed by atoms with E-state index in [2.05, 4.69) is 6.19 Å². The van der Waals surface area contributed by atoms with Gasteiger partial charge in [-0.1, -0.05) is 42.5 Å². The number of rotatable bonds is 4. The van der Waals surface area contributed by atoms with Crippen molar-refractivity contribution in [3.05, 3.63) is 54.6 Å². The number of benzene rings is 2. The number of nitrogens with zero attached hydrogens (tertiary/aromatic N) is 3. The molecule has 124 valence electrons. The molecule has 0 saturated carbocycles. The van der Waals surface area contributed by atoms with Crippen LogP contribution in [0.5, 0.6) is 0 Å². The van der Waals surface area contributed by atoms with Crippen LogP contribution in [0, 0.1) is 11.5 Å². The molecule has 0 aliphatic carbocycles. The Bertz CT molecular complexity index is 862. The van der Waals surface area contributed by atoms with Gasteiger partial charge < -0.3 is 4.90 Å². The zero-order chi connectivity index (χ0) is 17.2. The molecule has 2 aromatic carbocycles. The molecule has 0 bridgehead atoms. The standard InChI is InChI=1S/C17H18N4O2S/c18-13-20-10-9-17(12-20)21(24(19,22)23)16-8-4-7-15(11-16)14-5-2-1-3-6-14/h1-8,11,17H,9-10,12H2,(H2,19,22,23). The topological polar surface area (TPSA) is 90.4 Å². The number of nitriles is 1. The third-order valence-corrected chi connectivity index (χ3v) is 5.18. The molecule has 6 nitrogen and oxygen atoms in total. The van der Waals surface area contributed by atoms with Gasteiger partial charge in [0, 0.05) is 13.1 Å². The first-order valence-corrected chi connectivity index (χ1v) is 9.11. The molecule has 7 heteroatoms. The van der Waals surface area contributed by atoms with Gasteiger partial charge in [-0.05, 0) is 29.7 Å². The Morgan fingerprint density at radius 3 is 2.46 bits per heavy atom. The lowest BCUT2D eigenvalue weighted by Crippen LogP contribution is -2.45. The largest absolute Gasteiger partial charge is 0.308 e. The molecule has 1 saturated heterocycles. The van der Waals surface area contributed by atoms with Crippen LogP contribution >= 0.6 is 0 Å². The van der Waals surface area contributed by atoms with Crippen LogP contribution in [0.15, 0.2) is 54.6 Å². The molecule has 1 heterocycles. The molecule has 2 N–H and O–H groups in total. The SMILES string of the molecule is N#CN1CCC(N(c2cccc(-c3ccccc3)c2)S(N)(=O)=O)C1. The lowest BCUT2D eigenvalue weighted by Gasteiger charge is -2.28. The van der Waals surface area contributed by atoms with E-state index in [0.29, 0.717) is 25.2 Å². The van der Waals surface area contributed by atoms with Crippen molar-refractivity contribution in [1.29, 1.82) is 5.26 Å². The van der Waals surface area contributed by atoms with Gasteiger partial charge in [0.05, 0.1) is 11.7 Å². The summed E-state index contributed by atoms with van der Waals surface area (Å²) in [6.07, 6.45) is 2.63. The van der Waals surface area contributed by atoms with Crippen molar-refractivity contribution < 1.29 is 8.42 Å². The first kappa shape index (κ1) is 16.3. The first-order chi connectivity index (χ1) is 11.5. The average Bonchev–Trinajstić information content (AvgIpc) is 3.03. The maximum atomic E-state index is 12.2. The fourth-order valence-electron chi connectivity index (χ4n) is 3.04. The van der Waals surface area contributed by atoms with Gasteiger partial charge in [-0.2, -0.15) is 13.7 Å². The number of hydrogen-bond acceptors (Lipinski definition) is 4. The lowest BCUT2D eigenvalue weighted by molar-refractivity contribution is 0.477. The lowest BCUT2D eigenvalue weighted by atomic mass is 10.1. The average molecular weight is 342 g/mol. The molecule has 0 aromatic heterocycles. The first-order valence-electron chi connectivity index (χ1n) is 7.61. The molecular weight excluding hydrogens is 324 g/mol. The van der Waals surface area contributed by atoms with E-state index < -0.39 is 10.2 Å². The maximum absolute atomic E-state index is 12.2. The van der Waals surface area contributed by atoms with E-state index in [4.69, 9.17) is 10.4 Å². The van der Waals surface area contributed by atoms with Crippen LogP contribution in [0.2, 0.25) is 0 Å². The quantitative estimate of drug-likeness (QED) is 0.860. The molecular formula is C17H18N4O2S. The summed E-state index contributed by atoms with van der Waals surface area (Å²) >= 11 is 0. The summed E-state index contributed by atoms with van der Waals surface area (Å²) < 4.78 is 25.6. The van der Waals surface area contributed by atoms with Gasteiger partial charge in [-0.25, -0.2) is 5.14 Å². The Morgan fingerprint density at radius 1 is 1.12 bits per heavy atom. The molecule has 0 spiro atoms. The fraction of sp³-hybridized carbons (Fsp3) is 0.235. The Kier molecular flexibility index (Phi) is 4.42. The van der Waals surface area contributed by atoms with Crippen LogP contribution < -0.4 is 9.44 Å². The van der Waals surface area contributed by atoms with Crippen molar-refractivity contribution in [2.24, 2.45) is 5.14 Å². The normalized spacial score (nSPS) is 17.5. The zero-order valence-electron chi connectivity index (χ0n) is 13.0. The van der Waals surface area contributed by atoms with Crippen LogP contribution in [-0.2, 0) is 10.2 Å². The van der Waals surface area contributed by atoms with Crippen molar-refractivity contribution in [3.63, 3.8) is 0 Å². The van der Waals surface area contributed by atoms with E-state index in [1.807, 2.05) is 48.5 Å². The molecule has 1 atom stereocenters. The van der Waals surface area contributed by atoms with Gasteiger partial charge >= 0.3 is 0 Å². The smallest absolute Gasteiger partial charge is 0.299 e. The van der Waals surface area contributed by atoms with E-state index in [1.54, 1.807) is 11.0 Å². The van der Waals surface area contributed by atoms with Gasteiger partial charge in [0.25, 0.3) is 10.2 Å². The molecule has 1 aliphatic heterocycles. The van der Waals surface area contributed by atoms with E-state index in [9.17, 15) is 8.42 Å².